The van der Waals surface area contributed by atoms with Gasteiger partial charge in [0.2, 0.25) is 10.0 Å². The molecule has 1 aliphatic rings. The summed E-state index contributed by atoms with van der Waals surface area (Å²) in [7, 11) is -3.79. The van der Waals surface area contributed by atoms with E-state index in [9.17, 15) is 17.6 Å². The molecule has 1 heterocycles. The highest BCUT2D eigenvalue weighted by Gasteiger charge is 2.32. The maximum absolute atomic E-state index is 13.9. The van der Waals surface area contributed by atoms with Crippen molar-refractivity contribution in [3.8, 4) is 0 Å². The summed E-state index contributed by atoms with van der Waals surface area (Å²) in [5, 5.41) is 2.63. The molecule has 0 saturated carbocycles. The zero-order valence-electron chi connectivity index (χ0n) is 15.4. The molecule has 0 aliphatic carbocycles. The summed E-state index contributed by atoms with van der Waals surface area (Å²) >= 11 is 5.70. The Balaban J connectivity index is 1.84. The summed E-state index contributed by atoms with van der Waals surface area (Å²) in [6.45, 7) is 4.09. The zero-order chi connectivity index (χ0) is 20.5. The molecule has 28 heavy (non-hydrogen) atoms. The minimum atomic E-state index is -3.79. The van der Waals surface area contributed by atoms with E-state index in [1.807, 2.05) is 13.8 Å². The summed E-state index contributed by atoms with van der Waals surface area (Å²) in [6.07, 6.45) is -0.448. The Bertz CT molecular complexity index is 989. The van der Waals surface area contributed by atoms with Crippen molar-refractivity contribution in [2.24, 2.45) is 0 Å². The van der Waals surface area contributed by atoms with Crippen LogP contribution in [-0.4, -0.2) is 43.9 Å². The van der Waals surface area contributed by atoms with Crippen LogP contribution in [0.5, 0.6) is 0 Å². The molecule has 1 fully saturated rings. The lowest BCUT2D eigenvalue weighted by Crippen LogP contribution is -2.48. The predicted molar refractivity (Wildman–Crippen MR) is 105 cm³/mol. The van der Waals surface area contributed by atoms with Crippen molar-refractivity contribution in [3.05, 3.63) is 58.9 Å². The van der Waals surface area contributed by atoms with Crippen LogP contribution >= 0.6 is 11.6 Å². The van der Waals surface area contributed by atoms with Crippen LogP contribution in [0.2, 0.25) is 5.02 Å². The first-order valence-corrected chi connectivity index (χ1v) is 10.5. The maximum atomic E-state index is 13.9. The highest BCUT2D eigenvalue weighted by atomic mass is 35.5. The van der Waals surface area contributed by atoms with Crippen molar-refractivity contribution >= 4 is 33.2 Å². The molecule has 150 valence electrons. The SMILES string of the molecule is C[C@@H]1CN(S(=O)(=O)c2cccc(C(=O)Nc3ccc(Cl)cc3F)c2)C[C@@H](C)O1. The minimum Gasteiger partial charge on any atom is -0.373 e. The highest BCUT2D eigenvalue weighted by molar-refractivity contribution is 7.89. The lowest BCUT2D eigenvalue weighted by atomic mass is 10.2. The van der Waals surface area contributed by atoms with Crippen LogP contribution in [-0.2, 0) is 14.8 Å². The maximum Gasteiger partial charge on any atom is 0.255 e. The van der Waals surface area contributed by atoms with Gasteiger partial charge in [0.1, 0.15) is 5.82 Å². The molecule has 2 aromatic carbocycles. The van der Waals surface area contributed by atoms with E-state index < -0.39 is 21.7 Å². The molecule has 2 atom stereocenters. The number of amides is 1. The van der Waals surface area contributed by atoms with E-state index in [4.69, 9.17) is 16.3 Å². The number of carbonyl (C=O) groups excluding carboxylic acids is 1. The molecule has 3 rings (SSSR count). The molecule has 0 spiro atoms. The molecule has 6 nitrogen and oxygen atoms in total. The van der Waals surface area contributed by atoms with Crippen LogP contribution in [0.15, 0.2) is 47.4 Å². The van der Waals surface area contributed by atoms with Crippen molar-refractivity contribution in [1.82, 2.24) is 4.31 Å². The lowest BCUT2D eigenvalue weighted by Gasteiger charge is -2.34. The smallest absolute Gasteiger partial charge is 0.255 e. The Morgan fingerprint density at radius 2 is 1.86 bits per heavy atom. The van der Waals surface area contributed by atoms with Gasteiger partial charge in [-0.2, -0.15) is 4.31 Å². The molecule has 0 bridgehead atoms. The zero-order valence-corrected chi connectivity index (χ0v) is 16.9. The lowest BCUT2D eigenvalue weighted by molar-refractivity contribution is -0.0440. The van der Waals surface area contributed by atoms with Gasteiger partial charge in [0.05, 0.1) is 22.8 Å². The number of hydrogen-bond acceptors (Lipinski definition) is 4. The monoisotopic (exact) mass is 426 g/mol. The van der Waals surface area contributed by atoms with E-state index >= 15 is 0 Å². The average molecular weight is 427 g/mol. The number of carbonyl (C=O) groups is 1. The summed E-state index contributed by atoms with van der Waals surface area (Å²) in [5.74, 6) is -1.30. The van der Waals surface area contributed by atoms with Crippen LogP contribution in [0.25, 0.3) is 0 Å². The molecule has 2 aromatic rings. The second-order valence-corrected chi connectivity index (χ2v) is 9.06. The number of halogens is 2. The van der Waals surface area contributed by atoms with E-state index in [0.29, 0.717) is 0 Å². The normalized spacial score (nSPS) is 20.7. The molecule has 9 heteroatoms. The first-order valence-electron chi connectivity index (χ1n) is 8.69. The average Bonchev–Trinajstić information content (AvgIpc) is 2.63. The Kier molecular flexibility index (Phi) is 6.04. The third-order valence-corrected chi connectivity index (χ3v) is 6.36. The second kappa shape index (κ2) is 8.16. The topological polar surface area (TPSA) is 75.7 Å². The van der Waals surface area contributed by atoms with Gasteiger partial charge in [-0.3, -0.25) is 4.79 Å². The molecular formula is C19H20ClFN2O4S. The molecule has 0 aromatic heterocycles. The summed E-state index contributed by atoms with van der Waals surface area (Å²) in [4.78, 5) is 12.5. The van der Waals surface area contributed by atoms with Crippen molar-refractivity contribution in [1.29, 1.82) is 0 Å². The first-order chi connectivity index (χ1) is 13.2. The van der Waals surface area contributed by atoms with Gasteiger partial charge < -0.3 is 10.1 Å². The van der Waals surface area contributed by atoms with Crippen molar-refractivity contribution in [2.45, 2.75) is 31.0 Å². The van der Waals surface area contributed by atoms with Crippen molar-refractivity contribution < 1.29 is 22.3 Å². The molecule has 1 saturated heterocycles. The van der Waals surface area contributed by atoms with Gasteiger partial charge >= 0.3 is 0 Å². The summed E-state index contributed by atoms with van der Waals surface area (Å²) in [5.41, 5.74) is 0.0586. The fourth-order valence-corrected chi connectivity index (χ4v) is 4.85. The van der Waals surface area contributed by atoms with Crippen LogP contribution in [0, 0.1) is 5.82 Å². The number of ether oxygens (including phenoxy) is 1. The molecular weight excluding hydrogens is 407 g/mol. The van der Waals surface area contributed by atoms with Crippen molar-refractivity contribution in [2.75, 3.05) is 18.4 Å². The van der Waals surface area contributed by atoms with E-state index in [-0.39, 0.29) is 46.5 Å². The minimum absolute atomic E-state index is 0.00183. The molecule has 1 amide bonds. The van der Waals surface area contributed by atoms with Gasteiger partial charge in [-0.1, -0.05) is 17.7 Å². The fourth-order valence-electron chi connectivity index (χ4n) is 3.06. The van der Waals surface area contributed by atoms with Crippen molar-refractivity contribution in [3.63, 3.8) is 0 Å². The summed E-state index contributed by atoms with van der Waals surface area (Å²) < 4.78 is 46.8. The molecule has 0 radical (unpaired) electrons. The van der Waals surface area contributed by atoms with E-state index in [1.165, 1.54) is 40.7 Å². The Labute approximate surface area is 168 Å². The Morgan fingerprint density at radius 3 is 2.50 bits per heavy atom. The first kappa shape index (κ1) is 20.7. The van der Waals surface area contributed by atoms with E-state index in [1.54, 1.807) is 0 Å². The second-order valence-electron chi connectivity index (χ2n) is 6.69. The number of hydrogen-bond donors (Lipinski definition) is 1. The third kappa shape index (κ3) is 4.52. The largest absolute Gasteiger partial charge is 0.373 e. The van der Waals surface area contributed by atoms with Gasteiger partial charge in [0.15, 0.2) is 0 Å². The van der Waals surface area contributed by atoms with Crippen LogP contribution in [0.3, 0.4) is 0 Å². The third-order valence-electron chi connectivity index (χ3n) is 4.30. The highest BCUT2D eigenvalue weighted by Crippen LogP contribution is 2.23. The van der Waals surface area contributed by atoms with E-state index in [2.05, 4.69) is 5.32 Å². The Morgan fingerprint density at radius 1 is 1.18 bits per heavy atom. The van der Waals surface area contributed by atoms with Gasteiger partial charge in [0.25, 0.3) is 5.91 Å². The number of anilines is 1. The number of sulfonamides is 1. The van der Waals surface area contributed by atoms with Crippen LogP contribution < -0.4 is 5.32 Å². The van der Waals surface area contributed by atoms with Crippen LogP contribution in [0.4, 0.5) is 10.1 Å². The number of benzene rings is 2. The van der Waals surface area contributed by atoms with Gasteiger partial charge in [-0.15, -0.1) is 0 Å². The van der Waals surface area contributed by atoms with E-state index in [0.717, 1.165) is 6.07 Å². The van der Waals surface area contributed by atoms with Gasteiger partial charge in [-0.05, 0) is 50.2 Å². The number of rotatable bonds is 4. The quantitative estimate of drug-likeness (QED) is 0.811. The molecule has 1 N–H and O–H groups in total. The fraction of sp³-hybridized carbons (Fsp3) is 0.316. The molecule has 1 aliphatic heterocycles. The van der Waals surface area contributed by atoms with Gasteiger partial charge in [-0.25, -0.2) is 12.8 Å². The summed E-state index contributed by atoms with van der Waals surface area (Å²) in [6, 6.07) is 9.52. The predicted octanol–water partition coefficient (Wildman–Crippen LogP) is 3.53. The van der Waals surface area contributed by atoms with Crippen LogP contribution in [0.1, 0.15) is 24.2 Å². The number of nitrogens with one attached hydrogen (secondary N) is 1. The number of morpholine rings is 1. The number of nitrogens with zero attached hydrogens (tertiary/aromatic N) is 1. The van der Waals surface area contributed by atoms with Gasteiger partial charge in [0, 0.05) is 23.7 Å². The molecule has 0 unspecified atom stereocenters. The Hall–Kier alpha value is -2.00. The standard InChI is InChI=1S/C19H20ClFN2O4S/c1-12-10-23(11-13(2)27-12)28(25,26)16-5-3-4-14(8-16)19(24)22-18-7-6-15(20)9-17(18)21/h3-9,12-13H,10-11H2,1-2H3,(H,22,24)/t12-,13-/m1/s1.